The molecule has 5 rings (SSSR count). The first-order valence-electron chi connectivity index (χ1n) is 14.8. The summed E-state index contributed by atoms with van der Waals surface area (Å²) in [6, 6.07) is 16.1. The minimum atomic E-state index is -0.664. The summed E-state index contributed by atoms with van der Waals surface area (Å²) < 4.78 is 18.5. The Morgan fingerprint density at radius 3 is 2.64 bits per heavy atom. The van der Waals surface area contributed by atoms with Crippen molar-refractivity contribution in [3.63, 3.8) is 0 Å². The molecular weight excluding hydrogens is 578 g/mol. The van der Waals surface area contributed by atoms with Crippen LogP contribution in [0.15, 0.2) is 60.8 Å². The lowest BCUT2D eigenvalue weighted by Gasteiger charge is -2.27. The predicted octanol–water partition coefficient (Wildman–Crippen LogP) is 5.58. The zero-order valence-corrected chi connectivity index (χ0v) is 26.2. The first-order chi connectivity index (χ1) is 21.5. The van der Waals surface area contributed by atoms with E-state index in [1.54, 1.807) is 56.8 Å². The van der Waals surface area contributed by atoms with Gasteiger partial charge in [0.1, 0.15) is 5.75 Å². The van der Waals surface area contributed by atoms with E-state index in [-0.39, 0.29) is 36.0 Å². The molecule has 45 heavy (non-hydrogen) atoms. The second-order valence-electron chi connectivity index (χ2n) is 12.1. The van der Waals surface area contributed by atoms with Gasteiger partial charge in [-0.3, -0.25) is 24.4 Å². The Labute approximate surface area is 261 Å². The van der Waals surface area contributed by atoms with E-state index in [9.17, 15) is 14.9 Å². The molecule has 1 atom stereocenters. The number of nitrogens with zero attached hydrogens (tertiary/aromatic N) is 6. The third kappa shape index (κ3) is 7.67. The third-order valence-corrected chi connectivity index (χ3v) is 7.71. The van der Waals surface area contributed by atoms with Gasteiger partial charge in [0.2, 0.25) is 11.8 Å². The number of carbonyl (C=O) groups is 1. The van der Waals surface area contributed by atoms with Gasteiger partial charge in [-0.1, -0.05) is 6.07 Å². The lowest BCUT2D eigenvalue weighted by molar-refractivity contribution is -0.384. The number of non-ortho nitro benzene ring substituents is 1. The first kappa shape index (κ1) is 31.7. The zero-order valence-electron chi connectivity index (χ0n) is 26.2. The molecule has 3 heterocycles. The van der Waals surface area contributed by atoms with Gasteiger partial charge >= 0.3 is 5.97 Å². The van der Waals surface area contributed by atoms with E-state index in [0.29, 0.717) is 17.1 Å². The molecule has 238 valence electrons. The maximum atomic E-state index is 12.4. The van der Waals surface area contributed by atoms with Crippen molar-refractivity contribution in [1.82, 2.24) is 19.4 Å². The number of nitro benzene ring substituents is 1. The van der Waals surface area contributed by atoms with Gasteiger partial charge in [0.15, 0.2) is 12.4 Å². The molecule has 0 radical (unpaired) electrons. The number of benzene rings is 2. The molecule has 1 unspecified atom stereocenters. The van der Waals surface area contributed by atoms with Crippen LogP contribution in [-0.4, -0.2) is 76.8 Å². The number of nitro groups is 1. The van der Waals surface area contributed by atoms with Gasteiger partial charge in [0.05, 0.1) is 28.4 Å². The van der Waals surface area contributed by atoms with E-state index >= 15 is 0 Å². The molecule has 2 aromatic heterocycles. The molecule has 1 saturated heterocycles. The Morgan fingerprint density at radius 2 is 1.93 bits per heavy atom. The number of rotatable bonds is 12. The highest BCUT2D eigenvalue weighted by Crippen LogP contribution is 2.32. The number of nitrogens with one attached hydrogen (secondary N) is 1. The molecule has 0 amide bonds. The molecule has 1 fully saturated rings. The number of likely N-dealkylation sites (N-methyl/N-ethyl adjacent to an activating group) is 1. The van der Waals surface area contributed by atoms with Gasteiger partial charge in [-0.25, -0.2) is 0 Å². The van der Waals surface area contributed by atoms with Crippen molar-refractivity contribution >= 4 is 40.0 Å². The number of esters is 1. The van der Waals surface area contributed by atoms with Crippen LogP contribution in [-0.2, 0) is 21.0 Å². The Morgan fingerprint density at radius 1 is 1.16 bits per heavy atom. The second-order valence-corrected chi connectivity index (χ2v) is 12.1. The number of methoxy groups -OCH3 is 1. The molecule has 13 heteroatoms. The fourth-order valence-electron chi connectivity index (χ4n) is 5.06. The van der Waals surface area contributed by atoms with Crippen LogP contribution >= 0.6 is 0 Å². The highest BCUT2D eigenvalue weighted by Gasteiger charge is 2.26. The number of fused-ring (bicyclic) bond motifs is 1. The smallest absolute Gasteiger partial charge is 0.312 e. The van der Waals surface area contributed by atoms with Crippen LogP contribution < -0.4 is 15.0 Å². The number of aromatic nitrogens is 3. The van der Waals surface area contributed by atoms with Crippen LogP contribution in [0, 0.1) is 15.5 Å². The molecule has 1 N–H and O–H groups in total. The Hall–Kier alpha value is -4.75. The molecule has 0 aliphatic carbocycles. The number of hydrogen-bond acceptors (Lipinski definition) is 11. The molecule has 0 saturated carbocycles. The minimum Gasteiger partial charge on any atom is -0.443 e. The van der Waals surface area contributed by atoms with Gasteiger partial charge in [0, 0.05) is 63.5 Å². The largest absolute Gasteiger partial charge is 0.443 e. The molecule has 0 spiro atoms. The quantitative estimate of drug-likeness (QED) is 0.121. The molecule has 0 bridgehead atoms. The van der Waals surface area contributed by atoms with E-state index < -0.39 is 10.3 Å². The van der Waals surface area contributed by atoms with Crippen LogP contribution in [0.2, 0.25) is 0 Å². The van der Waals surface area contributed by atoms with Crippen molar-refractivity contribution in [2.24, 2.45) is 5.41 Å². The summed E-state index contributed by atoms with van der Waals surface area (Å²) in [6.07, 6.45) is 2.82. The first-order valence-corrected chi connectivity index (χ1v) is 14.8. The highest BCUT2D eigenvalue weighted by molar-refractivity contribution is 5.83. The fraction of sp³-hybridized carbons (Fsp3) is 0.406. The van der Waals surface area contributed by atoms with Crippen LogP contribution in [0.3, 0.4) is 0 Å². The van der Waals surface area contributed by atoms with Gasteiger partial charge in [0.25, 0.3) is 5.69 Å². The summed E-state index contributed by atoms with van der Waals surface area (Å²) in [5, 5.41) is 15.1. The number of anilines is 3. The van der Waals surface area contributed by atoms with Crippen molar-refractivity contribution in [2.75, 3.05) is 50.6 Å². The molecule has 1 aliphatic heterocycles. The maximum absolute atomic E-state index is 12.4. The predicted molar refractivity (Wildman–Crippen MR) is 171 cm³/mol. The summed E-state index contributed by atoms with van der Waals surface area (Å²) >= 11 is 0. The average Bonchev–Trinajstić information content (AvgIpc) is 3.66. The number of carbonyl (C=O) groups excluding carboxylic acids is 1. The Kier molecular flexibility index (Phi) is 9.49. The SMILES string of the molecule is COCCN1CCC(N(C)c2ccc(Nc3nc(Oc4cccc([N+](=O)[O-])c4)c4ccn(COC(=O)C(C)(C)C)c4n3)cc2)C1. The van der Waals surface area contributed by atoms with E-state index in [4.69, 9.17) is 19.2 Å². The zero-order chi connectivity index (χ0) is 32.1. The van der Waals surface area contributed by atoms with E-state index in [1.807, 2.05) is 24.3 Å². The summed E-state index contributed by atoms with van der Waals surface area (Å²) in [4.78, 5) is 37.3. The summed E-state index contributed by atoms with van der Waals surface area (Å²) in [7, 11) is 3.84. The van der Waals surface area contributed by atoms with E-state index in [2.05, 4.69) is 27.1 Å². The summed E-state index contributed by atoms with van der Waals surface area (Å²) in [6.45, 7) is 9.00. The van der Waals surface area contributed by atoms with Crippen molar-refractivity contribution in [3.05, 3.63) is 70.9 Å². The van der Waals surface area contributed by atoms with Crippen LogP contribution in [0.4, 0.5) is 23.0 Å². The second kappa shape index (κ2) is 13.5. The minimum absolute atomic E-state index is 0.0581. The summed E-state index contributed by atoms with van der Waals surface area (Å²) in [5.41, 5.74) is 1.55. The average molecular weight is 618 g/mol. The van der Waals surface area contributed by atoms with Crippen molar-refractivity contribution in [3.8, 4) is 11.6 Å². The van der Waals surface area contributed by atoms with E-state index in [0.717, 1.165) is 44.0 Å². The summed E-state index contributed by atoms with van der Waals surface area (Å²) in [5.74, 6) is 0.340. The van der Waals surface area contributed by atoms with Crippen LogP contribution in [0.1, 0.15) is 27.2 Å². The van der Waals surface area contributed by atoms with Crippen LogP contribution in [0.5, 0.6) is 11.6 Å². The van der Waals surface area contributed by atoms with E-state index in [1.165, 1.54) is 12.1 Å². The van der Waals surface area contributed by atoms with Gasteiger partial charge in [-0.05, 0) is 63.6 Å². The molecule has 1 aliphatic rings. The Bertz CT molecular complexity index is 1650. The molecule has 2 aromatic carbocycles. The lowest BCUT2D eigenvalue weighted by atomic mass is 9.98. The van der Waals surface area contributed by atoms with Crippen LogP contribution in [0.25, 0.3) is 11.0 Å². The highest BCUT2D eigenvalue weighted by atomic mass is 16.6. The Balaban J connectivity index is 1.39. The van der Waals surface area contributed by atoms with Crippen molar-refractivity contribution < 1.29 is 23.9 Å². The molecular formula is C32H39N7O6. The molecule has 4 aromatic rings. The maximum Gasteiger partial charge on any atom is 0.312 e. The normalized spacial score (nSPS) is 15.3. The third-order valence-electron chi connectivity index (χ3n) is 7.71. The monoisotopic (exact) mass is 617 g/mol. The lowest BCUT2D eigenvalue weighted by Crippen LogP contribution is -2.35. The molecule has 13 nitrogen and oxygen atoms in total. The number of likely N-dealkylation sites (tertiary alicyclic amines) is 1. The number of ether oxygens (including phenoxy) is 3. The topological polar surface area (TPSA) is 137 Å². The van der Waals surface area contributed by atoms with Crippen molar-refractivity contribution in [1.29, 1.82) is 0 Å². The number of hydrogen-bond donors (Lipinski definition) is 1. The van der Waals surface area contributed by atoms with Gasteiger partial charge in [-0.2, -0.15) is 9.97 Å². The van der Waals surface area contributed by atoms with Gasteiger partial charge in [-0.15, -0.1) is 0 Å². The standard InChI is InChI=1S/C32H39N7O6/c1-32(2,3)30(40)44-21-38-16-14-27-28(38)34-31(35-29(27)45-26-8-6-7-24(19-26)39(41)42)33-22-9-11-23(12-10-22)36(4)25-13-15-37(20-25)17-18-43-5/h6-12,14,16,19,25H,13,15,17-18,20-21H2,1-5H3,(H,33,34,35). The van der Waals surface area contributed by atoms with Crippen molar-refractivity contribution in [2.45, 2.75) is 40.0 Å². The van der Waals surface area contributed by atoms with Gasteiger partial charge < -0.3 is 24.4 Å². The fourth-order valence-corrected chi connectivity index (χ4v) is 5.06.